The number of nitrogens with zero attached hydrogens (tertiary/aromatic N) is 3. The molecule has 0 spiro atoms. The smallest absolute Gasteiger partial charge is 0.232 e. The molecule has 1 unspecified atom stereocenters. The van der Waals surface area contributed by atoms with Crippen molar-refractivity contribution in [2.24, 2.45) is 0 Å². The van der Waals surface area contributed by atoms with Crippen molar-refractivity contribution in [2.75, 3.05) is 11.1 Å². The van der Waals surface area contributed by atoms with Gasteiger partial charge in [0.15, 0.2) is 5.82 Å². The fourth-order valence-corrected chi connectivity index (χ4v) is 2.50. The van der Waals surface area contributed by atoms with Gasteiger partial charge in [-0.15, -0.1) is 0 Å². The van der Waals surface area contributed by atoms with Gasteiger partial charge in [0.05, 0.1) is 5.56 Å². The Morgan fingerprint density at radius 2 is 1.71 bits per heavy atom. The standard InChI is InChI=1S/C17H13N5O2/c18-16-20-15(14-13(23)11-8-4-5-9-12(11)24-14)21-17(22-16)19-10-6-2-1-3-7-10/h1-9,14H,(H3,18,19,20,21,22). The third kappa shape index (κ3) is 2.52. The second kappa shape index (κ2) is 5.62. The lowest BCUT2D eigenvalue weighted by molar-refractivity contribution is 0.0847. The average Bonchev–Trinajstić information content (AvgIpc) is 2.93. The number of ketones is 1. The first-order chi connectivity index (χ1) is 11.7. The van der Waals surface area contributed by atoms with Gasteiger partial charge in [0.25, 0.3) is 0 Å². The number of fused-ring (bicyclic) bond motifs is 1. The van der Waals surface area contributed by atoms with Crippen LogP contribution in [-0.4, -0.2) is 20.7 Å². The van der Waals surface area contributed by atoms with Crippen molar-refractivity contribution in [3.05, 3.63) is 66.0 Å². The molecule has 1 atom stereocenters. The van der Waals surface area contributed by atoms with Gasteiger partial charge in [-0.2, -0.15) is 15.0 Å². The predicted octanol–water partition coefficient (Wildman–Crippen LogP) is 2.51. The quantitative estimate of drug-likeness (QED) is 0.764. The van der Waals surface area contributed by atoms with Gasteiger partial charge in [-0.3, -0.25) is 4.79 Å². The van der Waals surface area contributed by atoms with Gasteiger partial charge in [0, 0.05) is 5.69 Å². The number of rotatable bonds is 3. The molecule has 7 heteroatoms. The first-order valence-electron chi connectivity index (χ1n) is 7.34. The second-order valence-corrected chi connectivity index (χ2v) is 5.22. The van der Waals surface area contributed by atoms with Gasteiger partial charge in [-0.1, -0.05) is 30.3 Å². The summed E-state index contributed by atoms with van der Waals surface area (Å²) in [7, 11) is 0. The summed E-state index contributed by atoms with van der Waals surface area (Å²) < 4.78 is 5.68. The van der Waals surface area contributed by atoms with Gasteiger partial charge in [-0.05, 0) is 24.3 Å². The topological polar surface area (TPSA) is 103 Å². The zero-order chi connectivity index (χ0) is 16.5. The van der Waals surface area contributed by atoms with Gasteiger partial charge < -0.3 is 15.8 Å². The number of nitrogens with one attached hydrogen (secondary N) is 1. The first kappa shape index (κ1) is 14.1. The molecule has 2 aromatic carbocycles. The normalized spacial score (nSPS) is 15.7. The fourth-order valence-electron chi connectivity index (χ4n) is 2.50. The number of carbonyl (C=O) groups excluding carboxylic acids is 1. The highest BCUT2D eigenvalue weighted by Crippen LogP contribution is 2.35. The minimum Gasteiger partial charge on any atom is -0.473 e. The zero-order valence-electron chi connectivity index (χ0n) is 12.5. The number of hydrogen-bond donors (Lipinski definition) is 2. The highest BCUT2D eigenvalue weighted by Gasteiger charge is 2.36. The molecule has 4 rings (SSSR count). The summed E-state index contributed by atoms with van der Waals surface area (Å²) in [6.45, 7) is 0. The van der Waals surface area contributed by atoms with E-state index >= 15 is 0 Å². The Morgan fingerprint density at radius 3 is 2.50 bits per heavy atom. The second-order valence-electron chi connectivity index (χ2n) is 5.22. The maximum absolute atomic E-state index is 12.5. The molecule has 0 radical (unpaired) electrons. The molecule has 0 amide bonds. The van der Waals surface area contributed by atoms with Crippen LogP contribution < -0.4 is 15.8 Å². The van der Waals surface area contributed by atoms with E-state index in [1.807, 2.05) is 30.3 Å². The van der Waals surface area contributed by atoms with Crippen molar-refractivity contribution in [3.63, 3.8) is 0 Å². The molecule has 118 valence electrons. The van der Waals surface area contributed by atoms with Crippen molar-refractivity contribution in [3.8, 4) is 5.75 Å². The number of benzene rings is 2. The number of carbonyl (C=O) groups is 1. The van der Waals surface area contributed by atoms with Crippen LogP contribution >= 0.6 is 0 Å². The minimum atomic E-state index is -0.913. The Kier molecular flexibility index (Phi) is 3.31. The Hall–Kier alpha value is -3.48. The molecule has 0 aliphatic carbocycles. The molecule has 3 N–H and O–H groups in total. The van der Waals surface area contributed by atoms with Crippen molar-refractivity contribution >= 4 is 23.4 Å². The van der Waals surface area contributed by atoms with Gasteiger partial charge in [-0.25, -0.2) is 0 Å². The Labute approximate surface area is 137 Å². The zero-order valence-corrected chi connectivity index (χ0v) is 12.5. The number of aromatic nitrogens is 3. The number of anilines is 3. The summed E-state index contributed by atoms with van der Waals surface area (Å²) >= 11 is 0. The largest absolute Gasteiger partial charge is 0.473 e. The van der Waals surface area contributed by atoms with Crippen LogP contribution in [0.15, 0.2) is 54.6 Å². The highest BCUT2D eigenvalue weighted by atomic mass is 16.5. The van der Waals surface area contributed by atoms with Crippen LogP contribution in [0, 0.1) is 0 Å². The number of hydrogen-bond acceptors (Lipinski definition) is 7. The molecule has 7 nitrogen and oxygen atoms in total. The summed E-state index contributed by atoms with van der Waals surface area (Å²) in [6, 6.07) is 16.4. The van der Waals surface area contributed by atoms with Gasteiger partial charge >= 0.3 is 0 Å². The molecule has 1 aromatic heterocycles. The van der Waals surface area contributed by atoms with E-state index in [2.05, 4.69) is 20.3 Å². The Bertz CT molecular complexity index is 914. The van der Waals surface area contributed by atoms with Crippen molar-refractivity contribution < 1.29 is 9.53 Å². The lowest BCUT2D eigenvalue weighted by atomic mass is 10.1. The van der Waals surface area contributed by atoms with E-state index in [0.29, 0.717) is 11.3 Å². The molecule has 1 aliphatic rings. The van der Waals surface area contributed by atoms with Crippen molar-refractivity contribution in [1.82, 2.24) is 15.0 Å². The maximum Gasteiger partial charge on any atom is 0.232 e. The predicted molar refractivity (Wildman–Crippen MR) is 88.1 cm³/mol. The molecular formula is C17H13N5O2. The van der Waals surface area contributed by atoms with E-state index in [-0.39, 0.29) is 23.5 Å². The van der Waals surface area contributed by atoms with Crippen LogP contribution in [-0.2, 0) is 0 Å². The molecular weight excluding hydrogens is 306 g/mol. The molecule has 0 fully saturated rings. The highest BCUT2D eigenvalue weighted by molar-refractivity contribution is 6.04. The first-order valence-corrected chi connectivity index (χ1v) is 7.34. The van der Waals surface area contributed by atoms with E-state index < -0.39 is 6.10 Å². The average molecular weight is 319 g/mol. The van der Waals surface area contributed by atoms with E-state index in [0.717, 1.165) is 5.69 Å². The molecule has 0 bridgehead atoms. The van der Waals surface area contributed by atoms with E-state index in [1.54, 1.807) is 24.3 Å². The van der Waals surface area contributed by atoms with Crippen LogP contribution in [0.1, 0.15) is 22.3 Å². The summed E-state index contributed by atoms with van der Waals surface area (Å²) in [5.41, 5.74) is 7.08. The van der Waals surface area contributed by atoms with Crippen LogP contribution in [0.25, 0.3) is 0 Å². The van der Waals surface area contributed by atoms with Crippen LogP contribution in [0.5, 0.6) is 5.75 Å². The summed E-state index contributed by atoms with van der Waals surface area (Å²) in [5.74, 6) is 0.787. The number of para-hydroxylation sites is 2. The van der Waals surface area contributed by atoms with Gasteiger partial charge in [0.2, 0.25) is 23.8 Å². The monoisotopic (exact) mass is 319 g/mol. The number of nitrogen functional groups attached to an aromatic ring is 1. The van der Waals surface area contributed by atoms with Crippen molar-refractivity contribution in [1.29, 1.82) is 0 Å². The van der Waals surface area contributed by atoms with Crippen LogP contribution in [0.2, 0.25) is 0 Å². The SMILES string of the molecule is Nc1nc(Nc2ccccc2)nc(C2Oc3ccccc3C2=O)n1. The molecule has 2 heterocycles. The minimum absolute atomic E-state index is 0.0192. The lowest BCUT2D eigenvalue weighted by Gasteiger charge is -2.11. The number of ether oxygens (including phenoxy) is 1. The van der Waals surface area contributed by atoms with E-state index in [9.17, 15) is 4.79 Å². The number of Topliss-reactive ketones (excluding diaryl/α,β-unsaturated/α-hetero) is 1. The molecule has 0 saturated carbocycles. The van der Waals surface area contributed by atoms with Crippen LogP contribution in [0.3, 0.4) is 0 Å². The summed E-state index contributed by atoms with van der Waals surface area (Å²) in [4.78, 5) is 24.9. The maximum atomic E-state index is 12.5. The fraction of sp³-hybridized carbons (Fsp3) is 0.0588. The third-order valence-corrected chi connectivity index (χ3v) is 3.57. The summed E-state index contributed by atoms with van der Waals surface area (Å²) in [5, 5.41) is 3.04. The van der Waals surface area contributed by atoms with Crippen LogP contribution in [0.4, 0.5) is 17.6 Å². The lowest BCUT2D eigenvalue weighted by Crippen LogP contribution is -2.17. The molecule has 3 aromatic rings. The Balaban J connectivity index is 1.66. The molecule has 0 saturated heterocycles. The summed E-state index contributed by atoms with van der Waals surface area (Å²) in [6.07, 6.45) is -0.913. The van der Waals surface area contributed by atoms with E-state index in [4.69, 9.17) is 10.5 Å². The molecule has 24 heavy (non-hydrogen) atoms. The van der Waals surface area contributed by atoms with E-state index in [1.165, 1.54) is 0 Å². The number of nitrogens with two attached hydrogens (primary N) is 1. The Morgan fingerprint density at radius 1 is 0.958 bits per heavy atom. The van der Waals surface area contributed by atoms with Crippen molar-refractivity contribution in [2.45, 2.75) is 6.10 Å². The molecule has 1 aliphatic heterocycles. The van der Waals surface area contributed by atoms with Gasteiger partial charge in [0.1, 0.15) is 5.75 Å². The third-order valence-electron chi connectivity index (χ3n) is 3.57.